The highest BCUT2D eigenvalue weighted by Gasteiger charge is 2.10. The molecule has 5 nitrogen and oxygen atoms in total. The third-order valence-electron chi connectivity index (χ3n) is 1.96. The van der Waals surface area contributed by atoms with E-state index in [1.807, 2.05) is 20.0 Å². The Kier molecular flexibility index (Phi) is 3.02. The van der Waals surface area contributed by atoms with Gasteiger partial charge in [-0.05, 0) is 24.8 Å². The smallest absolute Gasteiger partial charge is 0.156 e. The first-order valence-corrected chi connectivity index (χ1v) is 5.72. The Hall–Kier alpha value is -1.27. The summed E-state index contributed by atoms with van der Waals surface area (Å²) in [6.07, 6.45) is 1.39. The first kappa shape index (κ1) is 11.2. The normalized spacial score (nSPS) is 10.7. The van der Waals surface area contributed by atoms with Crippen LogP contribution in [0.3, 0.4) is 0 Å². The summed E-state index contributed by atoms with van der Waals surface area (Å²) in [4.78, 5) is 7.89. The molecule has 0 spiro atoms. The number of halogens is 1. The van der Waals surface area contributed by atoms with Crippen LogP contribution in [0.5, 0.6) is 0 Å². The van der Waals surface area contributed by atoms with E-state index in [1.165, 1.54) is 18.1 Å². The summed E-state index contributed by atoms with van der Waals surface area (Å²) in [6.45, 7) is 1.93. The SMILES string of the molecule is Cc1cc(Sc2ncnc(Cl)c2N)n(C)n1. The van der Waals surface area contributed by atoms with Gasteiger partial charge in [-0.15, -0.1) is 0 Å². The summed E-state index contributed by atoms with van der Waals surface area (Å²) in [5.74, 6) is 0. The molecule has 0 atom stereocenters. The molecule has 0 amide bonds. The number of hydrogen-bond donors (Lipinski definition) is 1. The zero-order valence-corrected chi connectivity index (χ0v) is 10.4. The van der Waals surface area contributed by atoms with Gasteiger partial charge in [0.2, 0.25) is 0 Å². The molecular formula is C9H10ClN5S. The van der Waals surface area contributed by atoms with Crippen molar-refractivity contribution in [2.24, 2.45) is 7.05 Å². The average molecular weight is 256 g/mol. The lowest BCUT2D eigenvalue weighted by atomic mass is 10.5. The second-order valence-corrected chi connectivity index (χ2v) is 4.60. The van der Waals surface area contributed by atoms with E-state index in [2.05, 4.69) is 15.1 Å². The molecule has 0 bridgehead atoms. The molecular weight excluding hydrogens is 246 g/mol. The van der Waals surface area contributed by atoms with Gasteiger partial charge in [-0.2, -0.15) is 5.10 Å². The van der Waals surface area contributed by atoms with Crippen LogP contribution in [0, 0.1) is 6.92 Å². The number of nitrogens with zero attached hydrogens (tertiary/aromatic N) is 4. The van der Waals surface area contributed by atoms with Crippen molar-refractivity contribution in [3.63, 3.8) is 0 Å². The quantitative estimate of drug-likeness (QED) is 0.830. The molecule has 7 heteroatoms. The summed E-state index contributed by atoms with van der Waals surface area (Å²) in [6, 6.07) is 1.96. The molecule has 2 aromatic heterocycles. The Morgan fingerprint density at radius 3 is 2.81 bits per heavy atom. The lowest BCUT2D eigenvalue weighted by Crippen LogP contribution is -1.97. The van der Waals surface area contributed by atoms with Gasteiger partial charge in [0.1, 0.15) is 22.1 Å². The van der Waals surface area contributed by atoms with Gasteiger partial charge in [-0.1, -0.05) is 11.6 Å². The fourth-order valence-corrected chi connectivity index (χ4v) is 2.32. The lowest BCUT2D eigenvalue weighted by molar-refractivity contribution is 0.692. The predicted molar refractivity (Wildman–Crippen MR) is 63.5 cm³/mol. The molecule has 0 unspecified atom stereocenters. The molecule has 0 saturated heterocycles. The van der Waals surface area contributed by atoms with E-state index in [1.54, 1.807) is 4.68 Å². The molecule has 0 saturated carbocycles. The maximum atomic E-state index is 5.81. The van der Waals surface area contributed by atoms with Crippen LogP contribution < -0.4 is 5.73 Å². The van der Waals surface area contributed by atoms with Crippen molar-refractivity contribution in [3.05, 3.63) is 23.2 Å². The Bertz CT molecular complexity index is 525. The molecule has 0 aliphatic rings. The summed E-state index contributed by atoms with van der Waals surface area (Å²) in [5, 5.41) is 6.11. The van der Waals surface area contributed by atoms with E-state index < -0.39 is 0 Å². The highest BCUT2D eigenvalue weighted by Crippen LogP contribution is 2.32. The van der Waals surface area contributed by atoms with Gasteiger partial charge in [-0.25, -0.2) is 9.97 Å². The maximum absolute atomic E-state index is 5.81. The zero-order valence-electron chi connectivity index (χ0n) is 8.81. The number of rotatable bonds is 2. The minimum atomic E-state index is 0.274. The van der Waals surface area contributed by atoms with Crippen molar-refractivity contribution in [1.82, 2.24) is 19.7 Å². The van der Waals surface area contributed by atoms with Gasteiger partial charge < -0.3 is 5.73 Å². The van der Waals surface area contributed by atoms with Crippen molar-refractivity contribution >= 4 is 29.1 Å². The number of aryl methyl sites for hydroxylation is 2. The van der Waals surface area contributed by atoms with Crippen LogP contribution in [0.1, 0.15) is 5.69 Å². The first-order valence-electron chi connectivity index (χ1n) is 4.52. The van der Waals surface area contributed by atoms with Crippen LogP contribution >= 0.6 is 23.4 Å². The van der Waals surface area contributed by atoms with Crippen LogP contribution in [0.2, 0.25) is 5.15 Å². The molecule has 2 rings (SSSR count). The van der Waals surface area contributed by atoms with Crippen LogP contribution in [-0.2, 0) is 7.05 Å². The van der Waals surface area contributed by atoms with Gasteiger partial charge in [0, 0.05) is 7.05 Å². The molecule has 2 heterocycles. The number of aromatic nitrogens is 4. The minimum absolute atomic E-state index is 0.274. The Balaban J connectivity index is 2.34. The highest BCUT2D eigenvalue weighted by molar-refractivity contribution is 7.99. The summed E-state index contributed by atoms with van der Waals surface area (Å²) >= 11 is 7.23. The molecule has 0 aliphatic carbocycles. The average Bonchev–Trinajstić information content (AvgIpc) is 2.53. The Labute approximate surface area is 102 Å². The van der Waals surface area contributed by atoms with Crippen LogP contribution in [-0.4, -0.2) is 19.7 Å². The molecule has 0 aromatic carbocycles. The van der Waals surface area contributed by atoms with Gasteiger partial charge in [-0.3, -0.25) is 4.68 Å². The number of hydrogen-bond acceptors (Lipinski definition) is 5. The maximum Gasteiger partial charge on any atom is 0.156 e. The first-order chi connectivity index (χ1) is 7.58. The number of nitrogen functional groups attached to an aromatic ring is 1. The number of nitrogens with two attached hydrogens (primary N) is 1. The molecule has 2 N–H and O–H groups in total. The standard InChI is InChI=1S/C9H10ClN5S/c1-5-3-6(15(2)14-5)16-9-7(11)8(10)12-4-13-9/h3-4H,11H2,1-2H3. The van der Waals surface area contributed by atoms with Gasteiger partial charge in [0.25, 0.3) is 0 Å². The van der Waals surface area contributed by atoms with E-state index in [-0.39, 0.29) is 5.15 Å². The molecule has 0 aliphatic heterocycles. The predicted octanol–water partition coefficient (Wildman–Crippen LogP) is 1.91. The highest BCUT2D eigenvalue weighted by atomic mass is 35.5. The third-order valence-corrected chi connectivity index (χ3v) is 3.37. The van der Waals surface area contributed by atoms with E-state index in [0.717, 1.165) is 10.7 Å². The summed E-state index contributed by atoms with van der Waals surface area (Å²) in [5.41, 5.74) is 7.12. The van der Waals surface area contributed by atoms with Crippen molar-refractivity contribution < 1.29 is 0 Å². The zero-order chi connectivity index (χ0) is 11.7. The van der Waals surface area contributed by atoms with Crippen LogP contribution in [0.4, 0.5) is 5.69 Å². The Morgan fingerprint density at radius 1 is 1.44 bits per heavy atom. The van der Waals surface area contributed by atoms with Crippen molar-refractivity contribution in [2.45, 2.75) is 17.0 Å². The Morgan fingerprint density at radius 2 is 2.19 bits per heavy atom. The number of anilines is 1. The van der Waals surface area contributed by atoms with Gasteiger partial charge in [0.15, 0.2) is 5.15 Å². The monoisotopic (exact) mass is 255 g/mol. The fraction of sp³-hybridized carbons (Fsp3) is 0.222. The van der Waals surface area contributed by atoms with Crippen LogP contribution in [0.25, 0.3) is 0 Å². The fourth-order valence-electron chi connectivity index (χ4n) is 1.22. The second-order valence-electron chi connectivity index (χ2n) is 3.23. The second kappa shape index (κ2) is 4.31. The third kappa shape index (κ3) is 2.12. The van der Waals surface area contributed by atoms with Crippen molar-refractivity contribution in [2.75, 3.05) is 5.73 Å². The van der Waals surface area contributed by atoms with E-state index in [4.69, 9.17) is 17.3 Å². The van der Waals surface area contributed by atoms with E-state index in [9.17, 15) is 0 Å². The lowest BCUT2D eigenvalue weighted by Gasteiger charge is -2.04. The molecule has 84 valence electrons. The van der Waals surface area contributed by atoms with Gasteiger partial charge >= 0.3 is 0 Å². The molecule has 2 aromatic rings. The molecule has 0 fully saturated rings. The minimum Gasteiger partial charge on any atom is -0.394 e. The summed E-state index contributed by atoms with van der Waals surface area (Å²) < 4.78 is 1.77. The summed E-state index contributed by atoms with van der Waals surface area (Å²) in [7, 11) is 1.87. The van der Waals surface area contributed by atoms with E-state index in [0.29, 0.717) is 10.7 Å². The van der Waals surface area contributed by atoms with Crippen LogP contribution in [0.15, 0.2) is 22.4 Å². The van der Waals surface area contributed by atoms with E-state index >= 15 is 0 Å². The topological polar surface area (TPSA) is 69.6 Å². The largest absolute Gasteiger partial charge is 0.394 e. The van der Waals surface area contributed by atoms with Gasteiger partial charge in [0.05, 0.1) is 5.69 Å². The van der Waals surface area contributed by atoms with Crippen molar-refractivity contribution in [3.8, 4) is 0 Å². The molecule has 0 radical (unpaired) electrons. The molecule has 16 heavy (non-hydrogen) atoms. The van der Waals surface area contributed by atoms with Crippen molar-refractivity contribution in [1.29, 1.82) is 0 Å².